The fourth-order valence-electron chi connectivity index (χ4n) is 4.45. The Morgan fingerprint density at radius 2 is 1.13 bits per heavy atom. The Balaban J connectivity index is 2.13. The lowest BCUT2D eigenvalue weighted by molar-refractivity contribution is -0.0964. The number of ether oxygens (including phenoxy) is 4. The summed E-state index contributed by atoms with van der Waals surface area (Å²) in [7, 11) is 6.60. The lowest BCUT2D eigenvalue weighted by Crippen LogP contribution is -2.56. The molecular weight excluding hydrogens is 382 g/mol. The van der Waals surface area contributed by atoms with Crippen LogP contribution in [0.15, 0.2) is 36.4 Å². The van der Waals surface area contributed by atoms with Crippen LogP contribution in [0.4, 0.5) is 0 Å². The molecule has 30 heavy (non-hydrogen) atoms. The molecule has 0 aromatic heterocycles. The molecule has 6 heteroatoms. The van der Waals surface area contributed by atoms with E-state index in [0.29, 0.717) is 0 Å². The molecule has 1 unspecified atom stereocenters. The van der Waals surface area contributed by atoms with Crippen LogP contribution >= 0.6 is 0 Å². The van der Waals surface area contributed by atoms with Crippen molar-refractivity contribution >= 4 is 0 Å². The van der Waals surface area contributed by atoms with Crippen LogP contribution in [-0.2, 0) is 0 Å². The molecular formula is C24H33NO5. The third-order valence-corrected chi connectivity index (χ3v) is 6.75. The van der Waals surface area contributed by atoms with E-state index < -0.39 is 5.60 Å². The van der Waals surface area contributed by atoms with Crippen LogP contribution in [0, 0.1) is 11.8 Å². The van der Waals surface area contributed by atoms with Gasteiger partial charge < -0.3 is 29.4 Å². The molecule has 1 fully saturated rings. The summed E-state index contributed by atoms with van der Waals surface area (Å²) < 4.78 is 22.2. The topological polar surface area (TPSA) is 69.2 Å². The molecule has 0 radical (unpaired) electrons. The Bertz CT molecular complexity index is 812. The highest BCUT2D eigenvalue weighted by Crippen LogP contribution is 2.50. The van der Waals surface area contributed by atoms with Gasteiger partial charge in [-0.25, -0.2) is 0 Å². The van der Waals surface area contributed by atoms with Crippen LogP contribution < -0.4 is 24.3 Å². The number of piperidine rings is 1. The molecule has 2 aromatic rings. The van der Waals surface area contributed by atoms with E-state index in [9.17, 15) is 5.11 Å². The molecule has 5 atom stereocenters. The van der Waals surface area contributed by atoms with Gasteiger partial charge in [-0.2, -0.15) is 0 Å². The highest BCUT2D eigenvalue weighted by molar-refractivity contribution is 5.46. The van der Waals surface area contributed by atoms with E-state index in [1.54, 1.807) is 28.4 Å². The molecule has 0 spiro atoms. The van der Waals surface area contributed by atoms with Crippen molar-refractivity contribution in [3.63, 3.8) is 0 Å². The normalized spacial score (nSPS) is 28.7. The molecule has 0 saturated carbocycles. The Hall–Kier alpha value is -2.44. The van der Waals surface area contributed by atoms with Gasteiger partial charge in [-0.05, 0) is 43.3 Å². The van der Waals surface area contributed by atoms with Gasteiger partial charge in [0.2, 0.25) is 0 Å². The number of nitrogens with one attached hydrogen (secondary N) is 1. The molecule has 0 amide bonds. The Labute approximate surface area is 179 Å². The molecule has 1 aliphatic heterocycles. The second kappa shape index (κ2) is 8.74. The summed E-state index contributed by atoms with van der Waals surface area (Å²) in [5, 5.41) is 15.3. The quantitative estimate of drug-likeness (QED) is 0.739. The smallest absolute Gasteiger partial charge is 0.123 e. The highest BCUT2D eigenvalue weighted by Gasteiger charge is 2.49. The predicted molar refractivity (Wildman–Crippen MR) is 117 cm³/mol. The average Bonchev–Trinajstić information content (AvgIpc) is 2.77. The van der Waals surface area contributed by atoms with Crippen LogP contribution in [0.5, 0.6) is 23.0 Å². The Morgan fingerprint density at radius 1 is 0.733 bits per heavy atom. The summed E-state index contributed by atoms with van der Waals surface area (Å²) in [6.45, 7) is 6.03. The number of aliphatic hydroxyl groups is 1. The summed E-state index contributed by atoms with van der Waals surface area (Å²) in [6.07, 6.45) is 0. The van der Waals surface area contributed by atoms with Crippen LogP contribution in [-0.4, -0.2) is 39.1 Å². The molecule has 2 aromatic carbocycles. The SMILES string of the molecule is COc1ccc(OC)c([C@H]2N[C@@H](c3cc(OC)ccc3OC)[C@H](C)C(C)(O)[C@H]2C)c1. The Kier molecular flexibility index (Phi) is 6.48. The molecule has 1 saturated heterocycles. The van der Waals surface area contributed by atoms with Gasteiger partial charge in [-0.3, -0.25) is 0 Å². The minimum atomic E-state index is -0.942. The number of hydrogen-bond donors (Lipinski definition) is 2. The van der Waals surface area contributed by atoms with E-state index >= 15 is 0 Å². The summed E-state index contributed by atoms with van der Waals surface area (Å²) in [6, 6.07) is 11.2. The highest BCUT2D eigenvalue weighted by atomic mass is 16.5. The van der Waals surface area contributed by atoms with Gasteiger partial charge >= 0.3 is 0 Å². The minimum absolute atomic E-state index is 0.0821. The number of hydrogen-bond acceptors (Lipinski definition) is 6. The maximum Gasteiger partial charge on any atom is 0.123 e. The molecule has 3 rings (SSSR count). The van der Waals surface area contributed by atoms with Crippen molar-refractivity contribution in [1.29, 1.82) is 0 Å². The average molecular weight is 416 g/mol. The maximum absolute atomic E-state index is 11.6. The lowest BCUT2D eigenvalue weighted by atomic mass is 9.67. The number of rotatable bonds is 6. The van der Waals surface area contributed by atoms with E-state index in [4.69, 9.17) is 18.9 Å². The van der Waals surface area contributed by atoms with E-state index in [0.717, 1.165) is 34.1 Å². The zero-order chi connectivity index (χ0) is 22.1. The van der Waals surface area contributed by atoms with Crippen molar-refractivity contribution < 1.29 is 24.1 Å². The third kappa shape index (κ3) is 3.82. The summed E-state index contributed by atoms with van der Waals surface area (Å²) in [5.74, 6) is 2.83. The summed E-state index contributed by atoms with van der Waals surface area (Å²) in [4.78, 5) is 0. The monoisotopic (exact) mass is 415 g/mol. The lowest BCUT2D eigenvalue weighted by Gasteiger charge is -2.50. The van der Waals surface area contributed by atoms with Gasteiger partial charge in [0.05, 0.1) is 34.0 Å². The van der Waals surface area contributed by atoms with Crippen LogP contribution in [0.25, 0.3) is 0 Å². The van der Waals surface area contributed by atoms with E-state index in [-0.39, 0.29) is 23.9 Å². The van der Waals surface area contributed by atoms with Crippen molar-refractivity contribution in [3.8, 4) is 23.0 Å². The van der Waals surface area contributed by atoms with Gasteiger partial charge in [0.15, 0.2) is 0 Å². The fourth-order valence-corrected chi connectivity index (χ4v) is 4.45. The van der Waals surface area contributed by atoms with Crippen molar-refractivity contribution in [2.24, 2.45) is 11.8 Å². The first-order chi connectivity index (χ1) is 14.3. The molecule has 1 heterocycles. The molecule has 164 valence electrons. The van der Waals surface area contributed by atoms with Crippen molar-refractivity contribution in [3.05, 3.63) is 47.5 Å². The predicted octanol–water partition coefficient (Wildman–Crippen LogP) is 4.13. The first kappa shape index (κ1) is 22.2. The first-order valence-electron chi connectivity index (χ1n) is 10.2. The summed E-state index contributed by atoms with van der Waals surface area (Å²) in [5.41, 5.74) is 0.953. The van der Waals surface area contributed by atoms with E-state index in [1.807, 2.05) is 43.3 Å². The first-order valence-corrected chi connectivity index (χ1v) is 10.2. The maximum atomic E-state index is 11.6. The Morgan fingerprint density at radius 3 is 1.47 bits per heavy atom. The van der Waals surface area contributed by atoms with Gasteiger partial charge in [0, 0.05) is 35.0 Å². The van der Waals surface area contributed by atoms with Crippen molar-refractivity contribution in [2.75, 3.05) is 28.4 Å². The molecule has 1 aliphatic rings. The largest absolute Gasteiger partial charge is 0.497 e. The molecule has 0 aliphatic carbocycles. The third-order valence-electron chi connectivity index (χ3n) is 6.75. The van der Waals surface area contributed by atoms with Gasteiger partial charge in [0.1, 0.15) is 23.0 Å². The van der Waals surface area contributed by atoms with Gasteiger partial charge in [-0.1, -0.05) is 13.8 Å². The summed E-state index contributed by atoms with van der Waals surface area (Å²) >= 11 is 0. The van der Waals surface area contributed by atoms with Gasteiger partial charge in [-0.15, -0.1) is 0 Å². The zero-order valence-corrected chi connectivity index (χ0v) is 18.9. The second-order valence-electron chi connectivity index (χ2n) is 8.14. The van der Waals surface area contributed by atoms with Crippen LogP contribution in [0.3, 0.4) is 0 Å². The van der Waals surface area contributed by atoms with E-state index in [2.05, 4.69) is 19.2 Å². The molecule has 6 nitrogen and oxygen atoms in total. The number of benzene rings is 2. The molecule has 0 bridgehead atoms. The van der Waals surface area contributed by atoms with Crippen LogP contribution in [0.2, 0.25) is 0 Å². The molecule has 2 N–H and O–H groups in total. The second-order valence-corrected chi connectivity index (χ2v) is 8.14. The van der Waals surface area contributed by atoms with E-state index in [1.165, 1.54) is 0 Å². The standard InChI is InChI=1S/C24H33NO5/c1-14-22(18-12-16(27-4)8-10-20(18)29-6)25-23(15(2)24(14,3)26)19-13-17(28-5)9-11-21(19)30-7/h8-15,22-23,25-26H,1-7H3/t14-,15-,22-,23+,24?/m0/s1. The van der Waals surface area contributed by atoms with Crippen molar-refractivity contribution in [1.82, 2.24) is 5.32 Å². The zero-order valence-electron chi connectivity index (χ0n) is 18.9. The van der Waals surface area contributed by atoms with Gasteiger partial charge in [0.25, 0.3) is 0 Å². The van der Waals surface area contributed by atoms with Crippen LogP contribution in [0.1, 0.15) is 44.0 Å². The van der Waals surface area contributed by atoms with Crippen molar-refractivity contribution in [2.45, 2.75) is 38.5 Å². The minimum Gasteiger partial charge on any atom is -0.497 e. The number of methoxy groups -OCH3 is 4. The fraction of sp³-hybridized carbons (Fsp3) is 0.500.